The molecule has 17 heavy (non-hydrogen) atoms. The molecule has 0 saturated carbocycles. The van der Waals surface area contributed by atoms with Gasteiger partial charge >= 0.3 is 5.97 Å². The highest BCUT2D eigenvalue weighted by molar-refractivity contribution is 6.35. The van der Waals surface area contributed by atoms with Crippen molar-refractivity contribution in [3.63, 3.8) is 0 Å². The number of aliphatic carboxylic acids is 1. The first kappa shape index (κ1) is 11.7. The zero-order valence-corrected chi connectivity index (χ0v) is 9.86. The molecule has 5 heteroatoms. The Bertz CT molecular complexity index is 575. The number of nitrogens with zero attached hydrogens (tertiary/aromatic N) is 1. The molecule has 0 saturated heterocycles. The molecule has 0 radical (unpaired) electrons. The number of carboxylic acid groups (broad SMARTS) is 1. The fourth-order valence-corrected chi connectivity index (χ4v) is 1.92. The highest BCUT2D eigenvalue weighted by atomic mass is 35.5. The number of fused-ring (bicyclic) bond motifs is 1. The maximum atomic E-state index is 10.5. The Hall–Kier alpha value is -1.81. The van der Waals surface area contributed by atoms with E-state index in [9.17, 15) is 4.79 Å². The minimum Gasteiger partial charge on any atom is -0.480 e. The van der Waals surface area contributed by atoms with E-state index in [0.29, 0.717) is 16.3 Å². The van der Waals surface area contributed by atoms with Gasteiger partial charge in [-0.2, -0.15) is 0 Å². The summed E-state index contributed by atoms with van der Waals surface area (Å²) in [5.74, 6) is -0.601. The maximum Gasteiger partial charge on any atom is 0.341 e. The van der Waals surface area contributed by atoms with Crippen LogP contribution in [0, 0.1) is 6.92 Å². The van der Waals surface area contributed by atoms with Gasteiger partial charge in [-0.15, -0.1) is 0 Å². The van der Waals surface area contributed by atoms with E-state index in [1.54, 1.807) is 18.3 Å². The molecular weight excluding hydrogens is 242 g/mol. The summed E-state index contributed by atoms with van der Waals surface area (Å²) < 4.78 is 5.17. The lowest BCUT2D eigenvalue weighted by molar-refractivity contribution is -0.139. The van der Waals surface area contributed by atoms with Crippen LogP contribution in [0.3, 0.4) is 0 Å². The summed E-state index contributed by atoms with van der Waals surface area (Å²) in [7, 11) is 0. The first-order valence-electron chi connectivity index (χ1n) is 4.98. The van der Waals surface area contributed by atoms with Crippen LogP contribution in [0.1, 0.15) is 5.56 Å². The van der Waals surface area contributed by atoms with Crippen molar-refractivity contribution in [1.29, 1.82) is 0 Å². The molecule has 0 aliphatic heterocycles. The molecule has 1 aromatic carbocycles. The Morgan fingerprint density at radius 1 is 1.47 bits per heavy atom. The Balaban J connectivity index is 2.54. The van der Waals surface area contributed by atoms with Crippen LogP contribution in [0.15, 0.2) is 24.4 Å². The topological polar surface area (TPSA) is 59.4 Å². The molecule has 0 fully saturated rings. The number of halogens is 1. The van der Waals surface area contributed by atoms with Gasteiger partial charge in [0.1, 0.15) is 11.3 Å². The Kier molecular flexibility index (Phi) is 3.15. The first-order valence-corrected chi connectivity index (χ1v) is 5.36. The average molecular weight is 252 g/mol. The van der Waals surface area contributed by atoms with E-state index < -0.39 is 12.6 Å². The lowest BCUT2D eigenvalue weighted by Gasteiger charge is -2.09. The minimum atomic E-state index is -1.03. The van der Waals surface area contributed by atoms with Crippen LogP contribution in [0.5, 0.6) is 5.75 Å². The largest absolute Gasteiger partial charge is 0.480 e. The van der Waals surface area contributed by atoms with Gasteiger partial charge in [-0.05, 0) is 30.7 Å². The molecule has 0 unspecified atom stereocenters. The van der Waals surface area contributed by atoms with Crippen molar-refractivity contribution >= 4 is 28.5 Å². The van der Waals surface area contributed by atoms with Crippen molar-refractivity contribution in [2.24, 2.45) is 0 Å². The van der Waals surface area contributed by atoms with Gasteiger partial charge in [0.05, 0.1) is 5.02 Å². The second-order valence-corrected chi connectivity index (χ2v) is 3.99. The fraction of sp³-hybridized carbons (Fsp3) is 0.167. The molecule has 1 heterocycles. The van der Waals surface area contributed by atoms with E-state index >= 15 is 0 Å². The number of carboxylic acids is 1. The van der Waals surface area contributed by atoms with Gasteiger partial charge in [-0.1, -0.05) is 11.6 Å². The third kappa shape index (κ3) is 2.31. The third-order valence-electron chi connectivity index (χ3n) is 2.36. The number of rotatable bonds is 3. The van der Waals surface area contributed by atoms with Crippen LogP contribution in [0.4, 0.5) is 0 Å². The molecule has 0 aliphatic rings. The fourth-order valence-electron chi connectivity index (χ4n) is 1.61. The van der Waals surface area contributed by atoms with Crippen molar-refractivity contribution < 1.29 is 14.6 Å². The molecular formula is C12H10ClNO3. The molecule has 0 aliphatic carbocycles. The second kappa shape index (κ2) is 4.59. The lowest BCUT2D eigenvalue weighted by Crippen LogP contribution is -2.09. The predicted molar refractivity (Wildman–Crippen MR) is 64.6 cm³/mol. The maximum absolute atomic E-state index is 10.5. The number of aryl methyl sites for hydroxylation is 1. The van der Waals surface area contributed by atoms with Crippen molar-refractivity contribution in [3.8, 4) is 5.75 Å². The number of hydrogen-bond acceptors (Lipinski definition) is 3. The molecule has 4 nitrogen and oxygen atoms in total. The summed E-state index contributed by atoms with van der Waals surface area (Å²) in [4.78, 5) is 14.6. The number of benzene rings is 1. The highest BCUT2D eigenvalue weighted by Gasteiger charge is 2.10. The molecule has 0 amide bonds. The summed E-state index contributed by atoms with van der Waals surface area (Å²) in [5, 5.41) is 9.95. The van der Waals surface area contributed by atoms with E-state index in [4.69, 9.17) is 21.4 Å². The summed E-state index contributed by atoms with van der Waals surface area (Å²) in [6.07, 6.45) is 1.64. The van der Waals surface area contributed by atoms with Gasteiger partial charge in [-0.3, -0.25) is 4.98 Å². The van der Waals surface area contributed by atoms with Crippen LogP contribution >= 0.6 is 11.6 Å². The molecule has 88 valence electrons. The van der Waals surface area contributed by atoms with Gasteiger partial charge in [0.25, 0.3) is 0 Å². The summed E-state index contributed by atoms with van der Waals surface area (Å²) in [6.45, 7) is 1.52. The summed E-state index contributed by atoms with van der Waals surface area (Å²) in [5.41, 5.74) is 1.56. The number of aromatic nitrogens is 1. The van der Waals surface area contributed by atoms with E-state index in [1.807, 2.05) is 13.0 Å². The van der Waals surface area contributed by atoms with E-state index in [2.05, 4.69) is 4.98 Å². The van der Waals surface area contributed by atoms with Gasteiger partial charge in [0, 0.05) is 11.6 Å². The first-order chi connectivity index (χ1) is 8.09. The van der Waals surface area contributed by atoms with Crippen molar-refractivity contribution in [2.45, 2.75) is 6.92 Å². The number of ether oxygens (including phenoxy) is 1. The minimum absolute atomic E-state index is 0.396. The van der Waals surface area contributed by atoms with Crippen molar-refractivity contribution in [2.75, 3.05) is 6.61 Å². The zero-order chi connectivity index (χ0) is 12.4. The highest BCUT2D eigenvalue weighted by Crippen LogP contribution is 2.31. The molecule has 2 aromatic rings. The SMILES string of the molecule is Cc1ccnc2c(OCC(=O)O)ccc(Cl)c12. The normalized spacial score (nSPS) is 10.5. The molecule has 1 N–H and O–H groups in total. The third-order valence-corrected chi connectivity index (χ3v) is 2.68. The predicted octanol–water partition coefficient (Wildman–Crippen LogP) is 2.66. The Morgan fingerprint density at radius 2 is 2.24 bits per heavy atom. The van der Waals surface area contributed by atoms with Crippen molar-refractivity contribution in [3.05, 3.63) is 35.0 Å². The van der Waals surface area contributed by atoms with E-state index in [0.717, 1.165) is 10.9 Å². The Morgan fingerprint density at radius 3 is 2.94 bits per heavy atom. The smallest absolute Gasteiger partial charge is 0.341 e. The zero-order valence-electron chi connectivity index (χ0n) is 9.11. The monoisotopic (exact) mass is 251 g/mol. The van der Waals surface area contributed by atoms with E-state index in [-0.39, 0.29) is 0 Å². The number of pyridine rings is 1. The van der Waals surface area contributed by atoms with Gasteiger partial charge in [-0.25, -0.2) is 4.79 Å². The lowest BCUT2D eigenvalue weighted by atomic mass is 10.1. The Labute approximate surface area is 103 Å². The molecule has 2 rings (SSSR count). The van der Waals surface area contributed by atoms with Crippen LogP contribution in [-0.4, -0.2) is 22.7 Å². The molecule has 0 bridgehead atoms. The number of hydrogen-bond donors (Lipinski definition) is 1. The molecule has 1 aromatic heterocycles. The van der Waals surface area contributed by atoms with Crippen LogP contribution in [0.2, 0.25) is 5.02 Å². The van der Waals surface area contributed by atoms with Crippen LogP contribution < -0.4 is 4.74 Å². The van der Waals surface area contributed by atoms with Crippen LogP contribution in [0.25, 0.3) is 10.9 Å². The average Bonchev–Trinajstić information content (AvgIpc) is 2.28. The van der Waals surface area contributed by atoms with Crippen LogP contribution in [-0.2, 0) is 4.79 Å². The standard InChI is InChI=1S/C12H10ClNO3/c1-7-4-5-14-12-9(17-6-10(15)16)3-2-8(13)11(7)12/h2-5H,6H2,1H3,(H,15,16). The van der Waals surface area contributed by atoms with Crippen molar-refractivity contribution in [1.82, 2.24) is 4.98 Å². The summed E-state index contributed by atoms with van der Waals surface area (Å²) >= 11 is 6.09. The molecule has 0 spiro atoms. The second-order valence-electron chi connectivity index (χ2n) is 3.58. The summed E-state index contributed by atoms with van der Waals surface area (Å²) in [6, 6.07) is 5.14. The molecule has 0 atom stereocenters. The quantitative estimate of drug-likeness (QED) is 0.911. The number of carbonyl (C=O) groups is 1. The van der Waals surface area contributed by atoms with Gasteiger partial charge < -0.3 is 9.84 Å². The van der Waals surface area contributed by atoms with E-state index in [1.165, 1.54) is 0 Å². The van der Waals surface area contributed by atoms with Gasteiger partial charge in [0.2, 0.25) is 0 Å². The van der Waals surface area contributed by atoms with Gasteiger partial charge in [0.15, 0.2) is 6.61 Å².